The minimum absolute atomic E-state index is 0.365. The number of likely N-dealkylation sites (N-methyl/N-ethyl adjacent to an activating group) is 1. The Balaban J connectivity index is 2.33. The monoisotopic (exact) mass is 275 g/mol. The molecule has 0 bridgehead atoms. The molecule has 108 valence electrons. The summed E-state index contributed by atoms with van der Waals surface area (Å²) in [7, 11) is 1.65. The van der Waals surface area contributed by atoms with Gasteiger partial charge < -0.3 is 15.5 Å². The average molecular weight is 275 g/mol. The van der Waals surface area contributed by atoms with Crippen LogP contribution < -0.4 is 10.6 Å². The molecule has 1 aromatic rings. The fraction of sp³-hybridized carbons (Fsp3) is 0.467. The van der Waals surface area contributed by atoms with Crippen LogP contribution in [0.2, 0.25) is 0 Å². The third kappa shape index (κ3) is 2.99. The van der Waals surface area contributed by atoms with Crippen molar-refractivity contribution in [3.8, 4) is 0 Å². The van der Waals surface area contributed by atoms with Gasteiger partial charge in [0.2, 0.25) is 0 Å². The van der Waals surface area contributed by atoms with E-state index in [1.54, 1.807) is 11.9 Å². The first-order valence-electron chi connectivity index (χ1n) is 6.73. The fourth-order valence-corrected chi connectivity index (χ4v) is 2.38. The van der Waals surface area contributed by atoms with Crippen molar-refractivity contribution in [2.24, 2.45) is 5.73 Å². The summed E-state index contributed by atoms with van der Waals surface area (Å²) in [4.78, 5) is 27.0. The van der Waals surface area contributed by atoms with Gasteiger partial charge in [0.1, 0.15) is 0 Å². The summed E-state index contributed by atoms with van der Waals surface area (Å²) in [6.45, 7) is 4.95. The summed E-state index contributed by atoms with van der Waals surface area (Å²) in [5.41, 5.74) is 7.49. The van der Waals surface area contributed by atoms with Gasteiger partial charge in [0.05, 0.1) is 0 Å². The van der Waals surface area contributed by atoms with Crippen molar-refractivity contribution in [2.75, 3.05) is 25.0 Å². The molecule has 0 aliphatic carbocycles. The maximum atomic E-state index is 12.2. The van der Waals surface area contributed by atoms with Gasteiger partial charge in [-0.05, 0) is 31.9 Å². The second kappa shape index (κ2) is 5.25. The molecule has 0 spiro atoms. The lowest BCUT2D eigenvalue weighted by molar-refractivity contribution is -0.145. The molecule has 2 rings (SSSR count). The summed E-state index contributed by atoms with van der Waals surface area (Å²) in [6.07, 6.45) is 0.650. The van der Waals surface area contributed by atoms with E-state index in [9.17, 15) is 9.59 Å². The van der Waals surface area contributed by atoms with Crippen LogP contribution in [0.3, 0.4) is 0 Å². The van der Waals surface area contributed by atoms with Crippen LogP contribution in [0.4, 0.5) is 5.69 Å². The third-order valence-corrected chi connectivity index (χ3v) is 3.36. The van der Waals surface area contributed by atoms with E-state index in [1.165, 1.54) is 4.90 Å². The van der Waals surface area contributed by atoms with Gasteiger partial charge in [0, 0.05) is 31.4 Å². The van der Waals surface area contributed by atoms with E-state index in [0.717, 1.165) is 11.3 Å². The Bertz CT molecular complexity index is 534. The van der Waals surface area contributed by atoms with E-state index in [-0.39, 0.29) is 5.54 Å². The highest BCUT2D eigenvalue weighted by atomic mass is 16.2. The zero-order valence-electron chi connectivity index (χ0n) is 12.2. The van der Waals surface area contributed by atoms with Crippen molar-refractivity contribution in [1.29, 1.82) is 0 Å². The van der Waals surface area contributed by atoms with Crippen LogP contribution >= 0.6 is 0 Å². The molecule has 0 saturated carbocycles. The van der Waals surface area contributed by atoms with Crippen LogP contribution in [-0.2, 0) is 16.0 Å². The lowest BCUT2D eigenvalue weighted by atomic mass is 9.94. The Kier molecular flexibility index (Phi) is 3.81. The number of para-hydroxylation sites is 1. The first kappa shape index (κ1) is 14.5. The molecule has 2 amide bonds. The number of nitrogens with zero attached hydrogens (tertiary/aromatic N) is 2. The molecular formula is C15H21N3O2. The molecule has 1 aromatic carbocycles. The number of anilines is 1. The summed E-state index contributed by atoms with van der Waals surface area (Å²) >= 11 is 0. The van der Waals surface area contributed by atoms with E-state index in [1.807, 2.05) is 38.1 Å². The number of benzene rings is 1. The summed E-state index contributed by atoms with van der Waals surface area (Å²) in [5, 5.41) is 0. The number of amides is 2. The molecule has 0 radical (unpaired) electrons. The molecule has 1 aliphatic rings. The number of rotatable bonds is 3. The second-order valence-electron chi connectivity index (χ2n) is 5.98. The van der Waals surface area contributed by atoms with Gasteiger partial charge in [-0.15, -0.1) is 0 Å². The van der Waals surface area contributed by atoms with E-state index in [2.05, 4.69) is 0 Å². The Hall–Kier alpha value is -1.88. The SMILES string of the molecule is CN1CCN(c2ccccc2CC(C)(C)N)C(=O)C1=O. The quantitative estimate of drug-likeness (QED) is 0.829. The van der Waals surface area contributed by atoms with Gasteiger partial charge in [-0.3, -0.25) is 9.59 Å². The summed E-state index contributed by atoms with van der Waals surface area (Å²) < 4.78 is 0. The van der Waals surface area contributed by atoms with Crippen molar-refractivity contribution in [3.63, 3.8) is 0 Å². The Morgan fingerprint density at radius 1 is 1.15 bits per heavy atom. The van der Waals surface area contributed by atoms with Gasteiger partial charge >= 0.3 is 11.8 Å². The van der Waals surface area contributed by atoms with Crippen molar-refractivity contribution in [3.05, 3.63) is 29.8 Å². The lowest BCUT2D eigenvalue weighted by Gasteiger charge is -2.33. The number of carbonyl (C=O) groups excluding carboxylic acids is 2. The van der Waals surface area contributed by atoms with Crippen LogP contribution in [0.1, 0.15) is 19.4 Å². The highest BCUT2D eigenvalue weighted by molar-refractivity contribution is 6.41. The Labute approximate surface area is 119 Å². The number of hydrogen-bond acceptors (Lipinski definition) is 3. The maximum Gasteiger partial charge on any atom is 0.316 e. The van der Waals surface area contributed by atoms with E-state index >= 15 is 0 Å². The molecule has 1 fully saturated rings. The van der Waals surface area contributed by atoms with Crippen molar-refractivity contribution < 1.29 is 9.59 Å². The number of carbonyl (C=O) groups is 2. The fourth-order valence-electron chi connectivity index (χ4n) is 2.38. The second-order valence-corrected chi connectivity index (χ2v) is 5.98. The van der Waals surface area contributed by atoms with Crippen LogP contribution in [-0.4, -0.2) is 42.4 Å². The Morgan fingerprint density at radius 2 is 1.80 bits per heavy atom. The predicted molar refractivity (Wildman–Crippen MR) is 78.4 cm³/mol. The van der Waals surface area contributed by atoms with Crippen molar-refractivity contribution >= 4 is 17.5 Å². The number of hydrogen-bond donors (Lipinski definition) is 1. The molecule has 5 heteroatoms. The van der Waals surface area contributed by atoms with Crippen LogP contribution in [0.25, 0.3) is 0 Å². The van der Waals surface area contributed by atoms with Crippen molar-refractivity contribution in [2.45, 2.75) is 25.8 Å². The average Bonchev–Trinajstić information content (AvgIpc) is 2.36. The number of nitrogens with two attached hydrogens (primary N) is 1. The van der Waals surface area contributed by atoms with Crippen LogP contribution in [0.5, 0.6) is 0 Å². The highest BCUT2D eigenvalue weighted by Gasteiger charge is 2.32. The smallest absolute Gasteiger partial charge is 0.316 e. The molecule has 0 unspecified atom stereocenters. The van der Waals surface area contributed by atoms with Crippen LogP contribution in [0.15, 0.2) is 24.3 Å². The molecule has 20 heavy (non-hydrogen) atoms. The van der Waals surface area contributed by atoms with Crippen LogP contribution in [0, 0.1) is 0 Å². The molecule has 1 saturated heterocycles. The maximum absolute atomic E-state index is 12.2. The molecule has 0 atom stereocenters. The van der Waals surface area contributed by atoms with Gasteiger partial charge in [-0.1, -0.05) is 18.2 Å². The molecule has 1 aliphatic heterocycles. The van der Waals surface area contributed by atoms with E-state index < -0.39 is 11.8 Å². The molecular weight excluding hydrogens is 254 g/mol. The number of piperazine rings is 1. The van der Waals surface area contributed by atoms with Crippen molar-refractivity contribution in [1.82, 2.24) is 4.90 Å². The normalized spacial score (nSPS) is 16.8. The lowest BCUT2D eigenvalue weighted by Crippen LogP contribution is -2.53. The minimum Gasteiger partial charge on any atom is -0.336 e. The molecule has 2 N–H and O–H groups in total. The first-order chi connectivity index (χ1) is 9.29. The zero-order chi connectivity index (χ0) is 14.9. The van der Waals surface area contributed by atoms with Gasteiger partial charge in [0.25, 0.3) is 0 Å². The largest absolute Gasteiger partial charge is 0.336 e. The molecule has 0 aromatic heterocycles. The summed E-state index contributed by atoms with van der Waals surface area (Å²) in [6, 6.07) is 7.63. The topological polar surface area (TPSA) is 66.6 Å². The first-order valence-corrected chi connectivity index (χ1v) is 6.73. The predicted octanol–water partition coefficient (Wildman–Crippen LogP) is 0.771. The molecule has 1 heterocycles. The third-order valence-electron chi connectivity index (χ3n) is 3.36. The Morgan fingerprint density at radius 3 is 2.45 bits per heavy atom. The summed E-state index contributed by atoms with van der Waals surface area (Å²) in [5.74, 6) is -0.931. The zero-order valence-corrected chi connectivity index (χ0v) is 12.2. The standard InChI is InChI=1S/C15H21N3O2/c1-15(2,16)10-11-6-4-5-7-12(11)18-9-8-17(3)13(19)14(18)20/h4-7H,8-10,16H2,1-3H3. The van der Waals surface area contributed by atoms with E-state index in [4.69, 9.17) is 5.73 Å². The van der Waals surface area contributed by atoms with Gasteiger partial charge in [-0.2, -0.15) is 0 Å². The van der Waals surface area contributed by atoms with E-state index in [0.29, 0.717) is 19.5 Å². The van der Waals surface area contributed by atoms with Gasteiger partial charge in [-0.25, -0.2) is 0 Å². The highest BCUT2D eigenvalue weighted by Crippen LogP contribution is 2.25. The van der Waals surface area contributed by atoms with Gasteiger partial charge in [0.15, 0.2) is 0 Å². The molecule has 5 nitrogen and oxygen atoms in total. The minimum atomic E-state index is -0.471.